The predicted molar refractivity (Wildman–Crippen MR) is 121 cm³/mol. The summed E-state index contributed by atoms with van der Waals surface area (Å²) in [4.78, 5) is 29.4. The van der Waals surface area contributed by atoms with E-state index in [0.717, 1.165) is 22.4 Å². The lowest BCUT2D eigenvalue weighted by atomic mass is 9.99. The number of benzene rings is 3. The SMILES string of the molecule is O=C(N[C@@H](Cc1ccccc1)C(=O)O)c1ccccc1C1=NCC(c2ccccc2)=C1. The second kappa shape index (κ2) is 9.22. The molecule has 0 saturated heterocycles. The molecular weight excluding hydrogens is 388 g/mol. The summed E-state index contributed by atoms with van der Waals surface area (Å²) in [6, 6.07) is 25.4. The van der Waals surface area contributed by atoms with Crippen LogP contribution >= 0.6 is 0 Å². The second-order valence-electron chi connectivity index (χ2n) is 7.34. The van der Waals surface area contributed by atoms with Crippen LogP contribution in [0.25, 0.3) is 5.57 Å². The maximum atomic E-state index is 13.0. The summed E-state index contributed by atoms with van der Waals surface area (Å²) in [5.41, 5.74) is 4.84. The molecule has 4 rings (SSSR count). The van der Waals surface area contributed by atoms with Gasteiger partial charge in [0.05, 0.1) is 12.3 Å². The monoisotopic (exact) mass is 410 g/mol. The molecule has 0 unspecified atom stereocenters. The number of rotatable bonds is 7. The summed E-state index contributed by atoms with van der Waals surface area (Å²) in [5, 5.41) is 12.3. The van der Waals surface area contributed by atoms with Crippen molar-refractivity contribution < 1.29 is 14.7 Å². The molecule has 1 aliphatic rings. The fourth-order valence-electron chi connectivity index (χ4n) is 3.61. The smallest absolute Gasteiger partial charge is 0.326 e. The molecular formula is C26H22N2O3. The lowest BCUT2D eigenvalue weighted by Crippen LogP contribution is -2.42. The molecule has 1 atom stereocenters. The molecule has 5 nitrogen and oxygen atoms in total. The van der Waals surface area contributed by atoms with Gasteiger partial charge >= 0.3 is 5.97 Å². The minimum absolute atomic E-state index is 0.211. The van der Waals surface area contributed by atoms with Gasteiger partial charge in [-0.3, -0.25) is 9.79 Å². The average Bonchev–Trinajstić information content (AvgIpc) is 3.30. The van der Waals surface area contributed by atoms with Gasteiger partial charge in [0.1, 0.15) is 6.04 Å². The molecule has 154 valence electrons. The first kappa shape index (κ1) is 20.3. The Kier molecular flexibility index (Phi) is 6.03. The van der Waals surface area contributed by atoms with Gasteiger partial charge in [0.2, 0.25) is 0 Å². The standard InChI is InChI=1S/C26H22N2O3/c29-25(28-24(26(30)31)15-18-9-3-1-4-10-18)22-14-8-7-13-21(22)23-16-20(17-27-23)19-11-5-2-6-12-19/h1-14,16,24H,15,17H2,(H,28,29)(H,30,31)/t24-/m0/s1. The Hall–Kier alpha value is -3.99. The van der Waals surface area contributed by atoms with Crippen LogP contribution in [0.3, 0.4) is 0 Å². The Labute approximate surface area is 180 Å². The van der Waals surface area contributed by atoms with Gasteiger partial charge in [-0.2, -0.15) is 0 Å². The van der Waals surface area contributed by atoms with Crippen molar-refractivity contribution in [2.24, 2.45) is 4.99 Å². The fourth-order valence-corrected chi connectivity index (χ4v) is 3.61. The Morgan fingerprint density at radius 3 is 2.26 bits per heavy atom. The Bertz CT molecular complexity index is 1150. The third-order valence-corrected chi connectivity index (χ3v) is 5.21. The normalized spacial score (nSPS) is 13.8. The van der Waals surface area contributed by atoms with Gasteiger partial charge < -0.3 is 10.4 Å². The lowest BCUT2D eigenvalue weighted by Gasteiger charge is -2.16. The van der Waals surface area contributed by atoms with E-state index in [4.69, 9.17) is 0 Å². The largest absolute Gasteiger partial charge is 0.480 e. The molecule has 31 heavy (non-hydrogen) atoms. The van der Waals surface area contributed by atoms with Crippen LogP contribution in [0.4, 0.5) is 0 Å². The van der Waals surface area contributed by atoms with Gasteiger partial charge in [-0.25, -0.2) is 4.79 Å². The van der Waals surface area contributed by atoms with E-state index in [1.807, 2.05) is 78.9 Å². The zero-order valence-electron chi connectivity index (χ0n) is 16.9. The third-order valence-electron chi connectivity index (χ3n) is 5.21. The quantitative estimate of drug-likeness (QED) is 0.618. The van der Waals surface area contributed by atoms with Crippen molar-refractivity contribution in [1.29, 1.82) is 0 Å². The highest BCUT2D eigenvalue weighted by Gasteiger charge is 2.24. The second-order valence-corrected chi connectivity index (χ2v) is 7.34. The molecule has 0 bridgehead atoms. The topological polar surface area (TPSA) is 78.8 Å². The zero-order chi connectivity index (χ0) is 21.6. The zero-order valence-corrected chi connectivity index (χ0v) is 16.9. The van der Waals surface area contributed by atoms with Crippen LogP contribution in [-0.4, -0.2) is 35.3 Å². The molecule has 0 saturated carbocycles. The van der Waals surface area contributed by atoms with E-state index in [1.165, 1.54) is 0 Å². The number of carboxylic acids is 1. The minimum Gasteiger partial charge on any atom is -0.480 e. The summed E-state index contributed by atoms with van der Waals surface area (Å²) in [7, 11) is 0. The molecule has 3 aromatic rings. The predicted octanol–water partition coefficient (Wildman–Crippen LogP) is 4.00. The van der Waals surface area contributed by atoms with Gasteiger partial charge in [0.25, 0.3) is 5.91 Å². The summed E-state index contributed by atoms with van der Waals surface area (Å²) >= 11 is 0. The molecule has 1 aliphatic heterocycles. The van der Waals surface area contributed by atoms with E-state index >= 15 is 0 Å². The van der Waals surface area contributed by atoms with Crippen molar-refractivity contribution in [3.63, 3.8) is 0 Å². The summed E-state index contributed by atoms with van der Waals surface area (Å²) in [6.45, 7) is 0.543. The number of hydrogen-bond acceptors (Lipinski definition) is 3. The first-order chi connectivity index (χ1) is 15.1. The van der Waals surface area contributed by atoms with Gasteiger partial charge in [-0.1, -0.05) is 78.9 Å². The van der Waals surface area contributed by atoms with E-state index in [2.05, 4.69) is 10.3 Å². The van der Waals surface area contributed by atoms with E-state index in [9.17, 15) is 14.7 Å². The van der Waals surface area contributed by atoms with Crippen LogP contribution in [-0.2, 0) is 11.2 Å². The summed E-state index contributed by atoms with van der Waals surface area (Å²) < 4.78 is 0. The number of carboxylic acid groups (broad SMARTS) is 1. The van der Waals surface area contributed by atoms with Crippen molar-refractivity contribution in [3.05, 3.63) is 113 Å². The number of nitrogens with one attached hydrogen (secondary N) is 1. The summed E-state index contributed by atoms with van der Waals surface area (Å²) in [5.74, 6) is -1.50. The highest BCUT2D eigenvalue weighted by molar-refractivity contribution is 6.19. The number of aliphatic carboxylic acids is 1. The maximum Gasteiger partial charge on any atom is 0.326 e. The third kappa shape index (κ3) is 4.78. The molecule has 1 amide bonds. The van der Waals surface area contributed by atoms with E-state index < -0.39 is 17.9 Å². The number of amides is 1. The molecule has 0 spiro atoms. The first-order valence-corrected chi connectivity index (χ1v) is 10.1. The van der Waals surface area contributed by atoms with Crippen molar-refractivity contribution in [1.82, 2.24) is 5.32 Å². The number of hydrogen-bond donors (Lipinski definition) is 2. The maximum absolute atomic E-state index is 13.0. The number of allylic oxidation sites excluding steroid dienone is 1. The number of aliphatic imine (C=N–C) groups is 1. The van der Waals surface area contributed by atoms with Crippen LogP contribution in [0.2, 0.25) is 0 Å². The van der Waals surface area contributed by atoms with Gasteiger partial charge in [-0.15, -0.1) is 0 Å². The average molecular weight is 410 g/mol. The van der Waals surface area contributed by atoms with Crippen molar-refractivity contribution in [2.45, 2.75) is 12.5 Å². The number of nitrogens with zero attached hydrogens (tertiary/aromatic N) is 1. The molecule has 2 N–H and O–H groups in total. The molecule has 5 heteroatoms. The molecule has 1 heterocycles. The lowest BCUT2D eigenvalue weighted by molar-refractivity contribution is -0.139. The molecule has 0 aromatic heterocycles. The highest BCUT2D eigenvalue weighted by atomic mass is 16.4. The fraction of sp³-hybridized carbons (Fsp3) is 0.115. The molecule has 3 aromatic carbocycles. The van der Waals surface area contributed by atoms with Crippen molar-refractivity contribution in [3.8, 4) is 0 Å². The van der Waals surface area contributed by atoms with Gasteiger partial charge in [-0.05, 0) is 28.8 Å². The van der Waals surface area contributed by atoms with Crippen LogP contribution in [0.5, 0.6) is 0 Å². The Morgan fingerprint density at radius 2 is 1.55 bits per heavy atom. The molecule has 0 radical (unpaired) electrons. The minimum atomic E-state index is -1.07. The van der Waals surface area contributed by atoms with Crippen LogP contribution in [0, 0.1) is 0 Å². The highest BCUT2D eigenvalue weighted by Crippen LogP contribution is 2.23. The van der Waals surface area contributed by atoms with Crippen LogP contribution in [0.15, 0.2) is 96.0 Å². The summed E-state index contributed by atoms with van der Waals surface area (Å²) in [6.07, 6.45) is 2.20. The number of carbonyl (C=O) groups is 2. The van der Waals surface area contributed by atoms with E-state index in [1.54, 1.807) is 12.1 Å². The number of carbonyl (C=O) groups excluding carboxylic acids is 1. The van der Waals surface area contributed by atoms with E-state index in [0.29, 0.717) is 17.7 Å². The van der Waals surface area contributed by atoms with Crippen molar-refractivity contribution in [2.75, 3.05) is 6.54 Å². The molecule has 0 aliphatic carbocycles. The Morgan fingerprint density at radius 1 is 0.903 bits per heavy atom. The van der Waals surface area contributed by atoms with Crippen LogP contribution < -0.4 is 5.32 Å². The Balaban J connectivity index is 1.56. The van der Waals surface area contributed by atoms with Crippen LogP contribution in [0.1, 0.15) is 27.0 Å². The first-order valence-electron chi connectivity index (χ1n) is 10.1. The van der Waals surface area contributed by atoms with E-state index in [-0.39, 0.29) is 6.42 Å². The molecule has 0 fully saturated rings. The van der Waals surface area contributed by atoms with Gasteiger partial charge in [0.15, 0.2) is 0 Å². The van der Waals surface area contributed by atoms with Crippen molar-refractivity contribution >= 4 is 23.2 Å². The van der Waals surface area contributed by atoms with Gasteiger partial charge in [0, 0.05) is 17.5 Å².